The summed E-state index contributed by atoms with van der Waals surface area (Å²) in [7, 11) is -2.71. The van der Waals surface area contributed by atoms with Crippen molar-refractivity contribution >= 4 is 16.0 Å². The zero-order chi connectivity index (χ0) is 20.0. The summed E-state index contributed by atoms with van der Waals surface area (Å²) in [4.78, 5) is 15.1. The van der Waals surface area contributed by atoms with E-state index in [2.05, 4.69) is 15.3 Å². The van der Waals surface area contributed by atoms with Gasteiger partial charge in [0, 0.05) is 17.6 Å². The molecule has 1 amide bonds. The molecular weight excluding hydrogens is 380 g/mol. The van der Waals surface area contributed by atoms with Gasteiger partial charge >= 0.3 is 0 Å². The van der Waals surface area contributed by atoms with Crippen LogP contribution in [-0.2, 0) is 23.8 Å². The molecule has 1 aliphatic rings. The van der Waals surface area contributed by atoms with Crippen LogP contribution in [0.1, 0.15) is 10.4 Å². The molecule has 0 radical (unpaired) electrons. The maximum Gasteiger partial charge on any atom is 0.264 e. The Bertz CT molecular complexity index is 798. The molecule has 1 fully saturated rings. The number of nitrogens with one attached hydrogen (secondary N) is 1. The van der Waals surface area contributed by atoms with Gasteiger partial charge in [0.1, 0.15) is 18.2 Å². The Morgan fingerprint density at radius 1 is 1.41 bits per heavy atom. The Balaban J connectivity index is 2.31. The highest BCUT2D eigenvalue weighted by Crippen LogP contribution is 2.26. The Morgan fingerprint density at radius 2 is 2.07 bits per heavy atom. The topological polar surface area (TPSA) is 160 Å². The number of benzene rings is 1. The van der Waals surface area contributed by atoms with Gasteiger partial charge in [0.25, 0.3) is 16.0 Å². The molecule has 12 heteroatoms. The summed E-state index contributed by atoms with van der Waals surface area (Å²) < 4.78 is 39.0. The molecule has 1 heterocycles. The maximum atomic E-state index is 12.5. The fourth-order valence-electron chi connectivity index (χ4n) is 2.68. The van der Waals surface area contributed by atoms with E-state index in [1.54, 1.807) is 30.3 Å². The van der Waals surface area contributed by atoms with Gasteiger partial charge in [0.05, 0.1) is 18.9 Å². The van der Waals surface area contributed by atoms with Crippen molar-refractivity contribution in [1.82, 2.24) is 5.32 Å². The lowest BCUT2D eigenvalue weighted by atomic mass is 9.96. The average molecular weight is 400 g/mol. The van der Waals surface area contributed by atoms with Crippen molar-refractivity contribution < 1.29 is 32.0 Å². The zero-order valence-corrected chi connectivity index (χ0v) is 15.4. The standard InChI is InChI=1S/C15H20N4O7S/c1-24-15-11(18-14(21)9-6-4-3-5-7-9)13(26-27(2,22)23)12(20)10(25-15)8-17-19-16/h3-7,10-13,15,20H,8H2,1-2H3,(H,18,21)/t10-,11-,12+,13+,15+/m0/s1. The molecule has 2 rings (SSSR count). The van der Waals surface area contributed by atoms with Gasteiger partial charge < -0.3 is 19.9 Å². The fourth-order valence-corrected chi connectivity index (χ4v) is 3.32. The lowest BCUT2D eigenvalue weighted by molar-refractivity contribution is -0.247. The number of carbonyl (C=O) groups is 1. The van der Waals surface area contributed by atoms with Crippen LogP contribution in [-0.4, -0.2) is 70.0 Å². The molecule has 11 nitrogen and oxygen atoms in total. The number of hydrogen-bond acceptors (Lipinski definition) is 8. The van der Waals surface area contributed by atoms with E-state index in [1.807, 2.05) is 0 Å². The summed E-state index contributed by atoms with van der Waals surface area (Å²) in [5.74, 6) is -0.533. The van der Waals surface area contributed by atoms with Gasteiger partial charge in [-0.2, -0.15) is 8.42 Å². The first-order valence-electron chi connectivity index (χ1n) is 7.88. The normalized spacial score (nSPS) is 28.2. The van der Waals surface area contributed by atoms with E-state index in [1.165, 1.54) is 7.11 Å². The number of azide groups is 1. The third kappa shape index (κ3) is 5.63. The third-order valence-corrected chi connectivity index (χ3v) is 4.42. The second kappa shape index (κ2) is 9.13. The molecule has 2 N–H and O–H groups in total. The van der Waals surface area contributed by atoms with Crippen molar-refractivity contribution in [1.29, 1.82) is 0 Å². The molecule has 27 heavy (non-hydrogen) atoms. The minimum absolute atomic E-state index is 0.277. The molecule has 1 aromatic rings. The van der Waals surface area contributed by atoms with E-state index in [4.69, 9.17) is 19.2 Å². The largest absolute Gasteiger partial charge is 0.388 e. The van der Waals surface area contributed by atoms with Gasteiger partial charge in [-0.15, -0.1) is 0 Å². The van der Waals surface area contributed by atoms with E-state index < -0.39 is 46.7 Å². The Labute approximate surface area is 156 Å². The van der Waals surface area contributed by atoms with Crippen LogP contribution in [0, 0.1) is 0 Å². The molecule has 1 aliphatic heterocycles. The number of methoxy groups -OCH3 is 1. The van der Waals surface area contributed by atoms with Gasteiger partial charge in [-0.1, -0.05) is 23.3 Å². The van der Waals surface area contributed by atoms with Crippen LogP contribution in [0.5, 0.6) is 0 Å². The maximum absolute atomic E-state index is 12.5. The van der Waals surface area contributed by atoms with Crippen molar-refractivity contribution in [3.8, 4) is 0 Å². The van der Waals surface area contributed by atoms with Crippen LogP contribution in [0.25, 0.3) is 10.4 Å². The lowest BCUT2D eigenvalue weighted by Gasteiger charge is -2.43. The predicted molar refractivity (Wildman–Crippen MR) is 93.1 cm³/mol. The van der Waals surface area contributed by atoms with E-state index in [9.17, 15) is 18.3 Å². The van der Waals surface area contributed by atoms with Crippen molar-refractivity contribution in [2.24, 2.45) is 5.11 Å². The van der Waals surface area contributed by atoms with Crippen LogP contribution < -0.4 is 5.32 Å². The first-order valence-corrected chi connectivity index (χ1v) is 9.70. The number of hydrogen-bond donors (Lipinski definition) is 2. The number of rotatable bonds is 7. The summed E-state index contributed by atoms with van der Waals surface area (Å²) in [5, 5.41) is 16.4. The van der Waals surface area contributed by atoms with Gasteiger partial charge in [-0.3, -0.25) is 8.98 Å². The van der Waals surface area contributed by atoms with Crippen LogP contribution in [0.2, 0.25) is 0 Å². The molecule has 1 saturated heterocycles. The molecule has 0 spiro atoms. The van der Waals surface area contributed by atoms with Gasteiger partial charge in [-0.25, -0.2) is 0 Å². The number of nitrogens with zero attached hydrogens (tertiary/aromatic N) is 3. The van der Waals surface area contributed by atoms with Crippen LogP contribution in [0.15, 0.2) is 35.4 Å². The molecule has 0 bridgehead atoms. The molecule has 1 aromatic carbocycles. The van der Waals surface area contributed by atoms with Gasteiger partial charge in [0.2, 0.25) is 0 Å². The van der Waals surface area contributed by atoms with Crippen LogP contribution in [0.4, 0.5) is 0 Å². The van der Waals surface area contributed by atoms with Crippen LogP contribution in [0.3, 0.4) is 0 Å². The van der Waals surface area contributed by atoms with E-state index in [0.717, 1.165) is 6.26 Å². The minimum Gasteiger partial charge on any atom is -0.388 e. The summed E-state index contributed by atoms with van der Waals surface area (Å²) >= 11 is 0. The van der Waals surface area contributed by atoms with Crippen molar-refractivity contribution in [3.05, 3.63) is 46.3 Å². The quantitative estimate of drug-likeness (QED) is 0.285. The SMILES string of the molecule is CO[C@@H]1O[C@@H](CN=[N+]=[N-])[C@@H](O)[C@H](OS(C)(=O)=O)[C@@H]1NC(=O)c1ccccc1. The summed E-state index contributed by atoms with van der Waals surface area (Å²) in [6, 6.07) is 7.04. The Kier molecular flexibility index (Phi) is 7.13. The highest BCUT2D eigenvalue weighted by Gasteiger charge is 2.48. The van der Waals surface area contributed by atoms with Gasteiger partial charge in [-0.05, 0) is 17.7 Å². The summed E-state index contributed by atoms with van der Waals surface area (Å²) in [5.41, 5.74) is 8.78. The number of carbonyl (C=O) groups excluding carboxylic acids is 1. The second-order valence-electron chi connectivity index (χ2n) is 5.81. The highest BCUT2D eigenvalue weighted by molar-refractivity contribution is 7.86. The number of aliphatic hydroxyl groups excluding tert-OH is 1. The number of amides is 1. The van der Waals surface area contributed by atoms with Crippen molar-refractivity contribution in [2.75, 3.05) is 19.9 Å². The van der Waals surface area contributed by atoms with E-state index >= 15 is 0 Å². The van der Waals surface area contributed by atoms with Gasteiger partial charge in [0.15, 0.2) is 6.29 Å². The predicted octanol–water partition coefficient (Wildman–Crippen LogP) is 0.172. The molecule has 0 aliphatic carbocycles. The minimum atomic E-state index is -3.99. The van der Waals surface area contributed by atoms with E-state index in [0.29, 0.717) is 5.56 Å². The van der Waals surface area contributed by atoms with E-state index in [-0.39, 0.29) is 6.54 Å². The molecule has 0 saturated carbocycles. The first kappa shape index (κ1) is 21.1. The molecule has 148 valence electrons. The Morgan fingerprint density at radius 3 is 2.63 bits per heavy atom. The average Bonchev–Trinajstić information content (AvgIpc) is 2.63. The second-order valence-corrected chi connectivity index (χ2v) is 7.41. The fraction of sp³-hybridized carbons (Fsp3) is 0.533. The Hall–Kier alpha value is -2.21. The van der Waals surface area contributed by atoms with Crippen molar-refractivity contribution in [2.45, 2.75) is 30.6 Å². The number of aliphatic hydroxyl groups is 1. The first-order chi connectivity index (χ1) is 12.8. The molecule has 0 unspecified atom stereocenters. The molecule has 5 atom stereocenters. The number of ether oxygens (including phenoxy) is 2. The van der Waals surface area contributed by atoms with Crippen LogP contribution >= 0.6 is 0 Å². The van der Waals surface area contributed by atoms with Crippen molar-refractivity contribution in [3.63, 3.8) is 0 Å². The lowest BCUT2D eigenvalue weighted by Crippen LogP contribution is -2.65. The summed E-state index contributed by atoms with van der Waals surface area (Å²) in [6.07, 6.45) is -4.33. The summed E-state index contributed by atoms with van der Waals surface area (Å²) in [6.45, 7) is -0.277. The molecule has 0 aromatic heterocycles. The third-order valence-electron chi connectivity index (χ3n) is 3.85. The molecular formula is C15H20N4O7S. The zero-order valence-electron chi connectivity index (χ0n) is 14.6. The monoisotopic (exact) mass is 400 g/mol. The highest BCUT2D eigenvalue weighted by atomic mass is 32.2. The smallest absolute Gasteiger partial charge is 0.264 e.